The summed E-state index contributed by atoms with van der Waals surface area (Å²) in [5, 5.41) is 4.43. The minimum Gasteiger partial charge on any atom is -0.494 e. The smallest absolute Gasteiger partial charge is 0.250 e. The van der Waals surface area contributed by atoms with E-state index in [1.807, 2.05) is 48.8 Å². The zero-order valence-electron chi connectivity index (χ0n) is 14.4. The summed E-state index contributed by atoms with van der Waals surface area (Å²) < 4.78 is 7.46. The van der Waals surface area contributed by atoms with Crippen LogP contribution in [0.2, 0.25) is 0 Å². The topological polar surface area (TPSA) is 56.1 Å². The van der Waals surface area contributed by atoms with E-state index in [4.69, 9.17) is 4.74 Å². The summed E-state index contributed by atoms with van der Waals surface area (Å²) in [6, 6.07) is 13.3. The van der Waals surface area contributed by atoms with Crippen LogP contribution in [0.4, 0.5) is 0 Å². The van der Waals surface area contributed by atoms with E-state index in [0.717, 1.165) is 42.6 Å². The number of ether oxygens (including phenoxy) is 1. The van der Waals surface area contributed by atoms with Gasteiger partial charge in [0.05, 0.1) is 12.1 Å². The number of hydrogen-bond acceptors (Lipinski definition) is 4. The lowest BCUT2D eigenvalue weighted by molar-refractivity contribution is 0.309. The van der Waals surface area contributed by atoms with Gasteiger partial charge in [0, 0.05) is 30.9 Å². The molecule has 0 saturated carbocycles. The summed E-state index contributed by atoms with van der Waals surface area (Å²) in [4.78, 5) is 15.6. The van der Waals surface area contributed by atoms with Gasteiger partial charge in [-0.1, -0.05) is 0 Å². The molecule has 5 nitrogen and oxygen atoms in total. The quantitative estimate of drug-likeness (QED) is 0.642. The van der Waals surface area contributed by atoms with E-state index >= 15 is 0 Å². The second-order valence-electron chi connectivity index (χ2n) is 6.01. The van der Waals surface area contributed by atoms with E-state index in [9.17, 15) is 4.79 Å². The van der Waals surface area contributed by atoms with Crippen LogP contribution in [0.3, 0.4) is 0 Å². The lowest BCUT2D eigenvalue weighted by Gasteiger charge is -2.09. The van der Waals surface area contributed by atoms with E-state index < -0.39 is 0 Å². The fourth-order valence-corrected chi connectivity index (χ4v) is 2.75. The fourth-order valence-electron chi connectivity index (χ4n) is 2.75. The highest BCUT2D eigenvalue weighted by atomic mass is 16.5. The maximum atomic E-state index is 11.6. The van der Waals surface area contributed by atoms with Crippen LogP contribution < -0.4 is 15.6 Å². The van der Waals surface area contributed by atoms with Gasteiger partial charge in [0.15, 0.2) is 0 Å². The van der Waals surface area contributed by atoms with E-state index in [0.29, 0.717) is 6.61 Å². The van der Waals surface area contributed by atoms with Crippen molar-refractivity contribution in [2.75, 3.05) is 19.7 Å². The standard InChI is InChI=1S/C20H23N3O2/c1-23-19-5-4-18(15-17(19)3-6-20(23)24)25-14-2-10-21-11-7-16-8-12-22-13-9-16/h3-6,8-9,12-13,15,21H,2,7,10-11,14H2,1H3. The summed E-state index contributed by atoms with van der Waals surface area (Å²) in [5.74, 6) is 0.836. The van der Waals surface area contributed by atoms with Crippen molar-refractivity contribution in [1.82, 2.24) is 14.9 Å². The van der Waals surface area contributed by atoms with Crippen molar-refractivity contribution >= 4 is 10.9 Å². The average molecular weight is 337 g/mol. The third-order valence-corrected chi connectivity index (χ3v) is 4.20. The Labute approximate surface area is 147 Å². The predicted molar refractivity (Wildman–Crippen MR) is 100 cm³/mol. The molecule has 0 bridgehead atoms. The average Bonchev–Trinajstić information content (AvgIpc) is 2.65. The first-order chi connectivity index (χ1) is 12.2. The molecule has 0 aliphatic heterocycles. The molecular weight excluding hydrogens is 314 g/mol. The number of rotatable bonds is 8. The van der Waals surface area contributed by atoms with Crippen molar-refractivity contribution in [3.8, 4) is 5.75 Å². The van der Waals surface area contributed by atoms with Crippen molar-refractivity contribution in [3.63, 3.8) is 0 Å². The Morgan fingerprint density at radius 3 is 2.76 bits per heavy atom. The van der Waals surface area contributed by atoms with Gasteiger partial charge in [-0.3, -0.25) is 9.78 Å². The van der Waals surface area contributed by atoms with Gasteiger partial charge in [-0.25, -0.2) is 0 Å². The molecule has 130 valence electrons. The molecule has 0 saturated heterocycles. The molecule has 5 heteroatoms. The van der Waals surface area contributed by atoms with E-state index in [2.05, 4.69) is 10.3 Å². The van der Waals surface area contributed by atoms with Gasteiger partial charge < -0.3 is 14.6 Å². The molecule has 3 rings (SSSR count). The van der Waals surface area contributed by atoms with Gasteiger partial charge in [-0.05, 0) is 67.9 Å². The lowest BCUT2D eigenvalue weighted by atomic mass is 10.2. The first-order valence-corrected chi connectivity index (χ1v) is 8.56. The van der Waals surface area contributed by atoms with Gasteiger partial charge >= 0.3 is 0 Å². The van der Waals surface area contributed by atoms with Crippen molar-refractivity contribution in [1.29, 1.82) is 0 Å². The number of nitrogens with zero attached hydrogens (tertiary/aromatic N) is 2. The van der Waals surface area contributed by atoms with E-state index in [1.165, 1.54) is 5.56 Å². The zero-order valence-corrected chi connectivity index (χ0v) is 14.4. The molecule has 0 atom stereocenters. The van der Waals surface area contributed by atoms with Crippen molar-refractivity contribution < 1.29 is 4.74 Å². The molecule has 0 spiro atoms. The normalized spacial score (nSPS) is 10.9. The van der Waals surface area contributed by atoms with Crippen molar-refractivity contribution in [3.05, 3.63) is 70.8 Å². The highest BCUT2D eigenvalue weighted by molar-refractivity contribution is 5.80. The van der Waals surface area contributed by atoms with Crippen LogP contribution in [0.5, 0.6) is 5.75 Å². The Balaban J connectivity index is 1.40. The van der Waals surface area contributed by atoms with Crippen LogP contribution in [-0.4, -0.2) is 29.2 Å². The first kappa shape index (κ1) is 17.2. The zero-order chi connectivity index (χ0) is 17.5. The Morgan fingerprint density at radius 2 is 1.92 bits per heavy atom. The predicted octanol–water partition coefficient (Wildman–Crippen LogP) is 2.53. The first-order valence-electron chi connectivity index (χ1n) is 8.56. The number of nitrogens with one attached hydrogen (secondary N) is 1. The molecular formula is C20H23N3O2. The maximum Gasteiger partial charge on any atom is 0.250 e. The molecule has 0 amide bonds. The van der Waals surface area contributed by atoms with E-state index in [1.54, 1.807) is 17.7 Å². The van der Waals surface area contributed by atoms with Crippen LogP contribution in [0.15, 0.2) is 59.7 Å². The largest absolute Gasteiger partial charge is 0.494 e. The Bertz CT molecular complexity index is 875. The number of benzene rings is 1. The number of hydrogen-bond donors (Lipinski definition) is 1. The van der Waals surface area contributed by atoms with Gasteiger partial charge in [-0.2, -0.15) is 0 Å². The Hall–Kier alpha value is -2.66. The summed E-state index contributed by atoms with van der Waals surface area (Å²) in [7, 11) is 1.78. The van der Waals surface area contributed by atoms with Crippen LogP contribution in [0, 0.1) is 0 Å². The molecule has 1 aromatic carbocycles. The number of aromatic nitrogens is 2. The Kier molecular flexibility index (Phi) is 5.80. The molecule has 0 aliphatic rings. The summed E-state index contributed by atoms with van der Waals surface area (Å²) in [5.41, 5.74) is 2.21. The van der Waals surface area contributed by atoms with Crippen LogP contribution in [-0.2, 0) is 13.5 Å². The minimum absolute atomic E-state index is 0.000918. The third-order valence-electron chi connectivity index (χ3n) is 4.20. The highest BCUT2D eigenvalue weighted by Crippen LogP contribution is 2.19. The van der Waals surface area contributed by atoms with Gasteiger partial charge in [0.25, 0.3) is 5.56 Å². The van der Waals surface area contributed by atoms with Gasteiger partial charge in [0.2, 0.25) is 0 Å². The summed E-state index contributed by atoms with van der Waals surface area (Å²) >= 11 is 0. The van der Waals surface area contributed by atoms with Crippen molar-refractivity contribution in [2.24, 2.45) is 7.05 Å². The molecule has 25 heavy (non-hydrogen) atoms. The van der Waals surface area contributed by atoms with E-state index in [-0.39, 0.29) is 5.56 Å². The minimum atomic E-state index is -0.000918. The van der Waals surface area contributed by atoms with Crippen molar-refractivity contribution in [2.45, 2.75) is 12.8 Å². The summed E-state index contributed by atoms with van der Waals surface area (Å²) in [6.07, 6.45) is 5.60. The maximum absolute atomic E-state index is 11.6. The van der Waals surface area contributed by atoms with Gasteiger partial charge in [0.1, 0.15) is 5.75 Å². The van der Waals surface area contributed by atoms with Gasteiger partial charge in [-0.15, -0.1) is 0 Å². The fraction of sp³-hybridized carbons (Fsp3) is 0.300. The molecule has 1 N–H and O–H groups in total. The molecule has 0 aliphatic carbocycles. The number of aryl methyl sites for hydroxylation is 1. The summed E-state index contributed by atoms with van der Waals surface area (Å²) in [6.45, 7) is 2.54. The second-order valence-corrected chi connectivity index (χ2v) is 6.01. The van der Waals surface area contributed by atoms with Crippen LogP contribution in [0.25, 0.3) is 10.9 Å². The molecule has 2 heterocycles. The number of fused-ring (bicyclic) bond motifs is 1. The third kappa shape index (κ3) is 4.67. The molecule has 0 radical (unpaired) electrons. The van der Waals surface area contributed by atoms with Crippen LogP contribution >= 0.6 is 0 Å². The molecule has 3 aromatic rings. The monoisotopic (exact) mass is 337 g/mol. The molecule has 0 fully saturated rings. The highest BCUT2D eigenvalue weighted by Gasteiger charge is 2.01. The Morgan fingerprint density at radius 1 is 1.08 bits per heavy atom. The SMILES string of the molecule is Cn1c(=O)ccc2cc(OCCCNCCc3ccncc3)ccc21. The number of pyridine rings is 2. The van der Waals surface area contributed by atoms with Crippen LogP contribution in [0.1, 0.15) is 12.0 Å². The second kappa shape index (κ2) is 8.44. The molecule has 0 unspecified atom stereocenters. The molecule has 2 aromatic heterocycles. The lowest BCUT2D eigenvalue weighted by Crippen LogP contribution is -2.20.